The third kappa shape index (κ3) is 3.93. The van der Waals surface area contributed by atoms with Crippen LogP contribution in [0.1, 0.15) is 26.5 Å². The SMILES string of the molecule is CCOC(=O)Cc1csc(N2CCN(C(C)C)CC2)n1. The van der Waals surface area contributed by atoms with Gasteiger partial charge in [0.05, 0.1) is 18.7 Å². The lowest BCUT2D eigenvalue weighted by Crippen LogP contribution is -2.48. The minimum absolute atomic E-state index is 0.200. The average molecular weight is 297 g/mol. The Morgan fingerprint density at radius 1 is 1.40 bits per heavy atom. The standard InChI is InChI=1S/C14H23N3O2S/c1-4-19-13(18)9-12-10-20-14(15-12)17-7-5-16(6-8-17)11(2)3/h10-11H,4-9H2,1-3H3. The molecule has 0 bridgehead atoms. The van der Waals surface area contributed by atoms with Crippen LogP contribution in [0.5, 0.6) is 0 Å². The molecule has 1 fully saturated rings. The van der Waals surface area contributed by atoms with Crippen LogP contribution < -0.4 is 4.90 Å². The van der Waals surface area contributed by atoms with Gasteiger partial charge in [0.25, 0.3) is 0 Å². The summed E-state index contributed by atoms with van der Waals surface area (Å²) in [5, 5.41) is 2.98. The van der Waals surface area contributed by atoms with Crippen LogP contribution in [0, 0.1) is 0 Å². The summed E-state index contributed by atoms with van der Waals surface area (Å²) in [6.07, 6.45) is 0.274. The molecule has 2 rings (SSSR count). The van der Waals surface area contributed by atoms with E-state index in [4.69, 9.17) is 4.74 Å². The van der Waals surface area contributed by atoms with E-state index in [9.17, 15) is 4.79 Å². The molecule has 0 amide bonds. The molecular weight excluding hydrogens is 274 g/mol. The van der Waals surface area contributed by atoms with Gasteiger partial charge in [-0.1, -0.05) is 0 Å². The van der Waals surface area contributed by atoms with Crippen molar-refractivity contribution >= 4 is 22.4 Å². The zero-order chi connectivity index (χ0) is 14.5. The maximum atomic E-state index is 11.4. The van der Waals surface area contributed by atoms with E-state index in [1.54, 1.807) is 11.3 Å². The second-order valence-electron chi connectivity index (χ2n) is 5.22. The van der Waals surface area contributed by atoms with Gasteiger partial charge in [-0.15, -0.1) is 11.3 Å². The Hall–Kier alpha value is -1.14. The highest BCUT2D eigenvalue weighted by molar-refractivity contribution is 7.13. The Kier molecular flexibility index (Phi) is 5.37. The van der Waals surface area contributed by atoms with Gasteiger partial charge < -0.3 is 9.64 Å². The largest absolute Gasteiger partial charge is 0.466 e. The van der Waals surface area contributed by atoms with Gasteiger partial charge in [-0.05, 0) is 20.8 Å². The van der Waals surface area contributed by atoms with Crippen LogP contribution in [0.25, 0.3) is 0 Å². The lowest BCUT2D eigenvalue weighted by molar-refractivity contribution is -0.142. The van der Waals surface area contributed by atoms with Crippen molar-refractivity contribution in [2.45, 2.75) is 33.2 Å². The van der Waals surface area contributed by atoms with Crippen LogP contribution in [0.3, 0.4) is 0 Å². The van der Waals surface area contributed by atoms with Gasteiger partial charge in [0.1, 0.15) is 0 Å². The van der Waals surface area contributed by atoms with Crippen LogP contribution in [-0.2, 0) is 16.0 Å². The molecule has 20 heavy (non-hydrogen) atoms. The second kappa shape index (κ2) is 7.04. The molecule has 2 heterocycles. The van der Waals surface area contributed by atoms with Crippen molar-refractivity contribution in [2.24, 2.45) is 0 Å². The third-order valence-electron chi connectivity index (χ3n) is 3.49. The molecule has 112 valence electrons. The van der Waals surface area contributed by atoms with Crippen molar-refractivity contribution in [1.82, 2.24) is 9.88 Å². The normalized spacial score (nSPS) is 16.7. The number of hydrogen-bond donors (Lipinski definition) is 0. The first-order valence-corrected chi connectivity index (χ1v) is 8.07. The Morgan fingerprint density at radius 2 is 2.10 bits per heavy atom. The summed E-state index contributed by atoms with van der Waals surface area (Å²) >= 11 is 1.61. The highest BCUT2D eigenvalue weighted by Crippen LogP contribution is 2.22. The van der Waals surface area contributed by atoms with E-state index >= 15 is 0 Å². The number of ether oxygens (including phenoxy) is 1. The fraction of sp³-hybridized carbons (Fsp3) is 0.714. The molecule has 0 spiro atoms. The first kappa shape index (κ1) is 15.3. The van der Waals surface area contributed by atoms with Gasteiger partial charge in [0.15, 0.2) is 5.13 Å². The van der Waals surface area contributed by atoms with Gasteiger partial charge in [0.2, 0.25) is 0 Å². The minimum Gasteiger partial charge on any atom is -0.466 e. The number of aromatic nitrogens is 1. The first-order chi connectivity index (χ1) is 9.60. The molecule has 0 radical (unpaired) electrons. The topological polar surface area (TPSA) is 45.7 Å². The van der Waals surface area contributed by atoms with Crippen molar-refractivity contribution < 1.29 is 9.53 Å². The molecule has 0 saturated carbocycles. The van der Waals surface area contributed by atoms with Gasteiger partial charge in [-0.2, -0.15) is 0 Å². The number of rotatable bonds is 5. The van der Waals surface area contributed by atoms with Crippen LogP contribution in [-0.4, -0.2) is 54.7 Å². The Morgan fingerprint density at radius 3 is 2.70 bits per heavy atom. The number of carbonyl (C=O) groups excluding carboxylic acids is 1. The summed E-state index contributed by atoms with van der Waals surface area (Å²) in [4.78, 5) is 20.8. The number of piperazine rings is 1. The van der Waals surface area contributed by atoms with E-state index in [1.165, 1.54) is 0 Å². The van der Waals surface area contributed by atoms with Crippen molar-refractivity contribution in [1.29, 1.82) is 0 Å². The molecule has 0 unspecified atom stereocenters. The third-order valence-corrected chi connectivity index (χ3v) is 4.44. The zero-order valence-corrected chi connectivity index (χ0v) is 13.3. The molecule has 1 aromatic rings. The zero-order valence-electron chi connectivity index (χ0n) is 12.5. The summed E-state index contributed by atoms with van der Waals surface area (Å²) < 4.78 is 4.95. The van der Waals surface area contributed by atoms with Gasteiger partial charge in [-0.3, -0.25) is 9.69 Å². The molecule has 1 aromatic heterocycles. The van der Waals surface area contributed by atoms with E-state index < -0.39 is 0 Å². The van der Waals surface area contributed by atoms with Gasteiger partial charge >= 0.3 is 5.97 Å². The number of nitrogens with zero attached hydrogens (tertiary/aromatic N) is 3. The molecule has 0 aromatic carbocycles. The van der Waals surface area contributed by atoms with Crippen molar-refractivity contribution in [2.75, 3.05) is 37.7 Å². The summed E-state index contributed by atoms with van der Waals surface area (Å²) in [6.45, 7) is 10.9. The molecule has 1 saturated heterocycles. The lowest BCUT2D eigenvalue weighted by Gasteiger charge is -2.36. The first-order valence-electron chi connectivity index (χ1n) is 7.19. The summed E-state index contributed by atoms with van der Waals surface area (Å²) in [6, 6.07) is 0.604. The fourth-order valence-electron chi connectivity index (χ4n) is 2.31. The lowest BCUT2D eigenvalue weighted by atomic mass is 10.2. The van der Waals surface area contributed by atoms with Crippen molar-refractivity contribution in [3.63, 3.8) is 0 Å². The van der Waals surface area contributed by atoms with Crippen LogP contribution in [0.2, 0.25) is 0 Å². The maximum absolute atomic E-state index is 11.4. The maximum Gasteiger partial charge on any atom is 0.311 e. The van der Waals surface area contributed by atoms with Crippen molar-refractivity contribution in [3.8, 4) is 0 Å². The smallest absolute Gasteiger partial charge is 0.311 e. The molecule has 0 atom stereocenters. The molecule has 0 N–H and O–H groups in total. The van der Waals surface area contributed by atoms with Crippen LogP contribution in [0.4, 0.5) is 5.13 Å². The van der Waals surface area contributed by atoms with Gasteiger partial charge in [0, 0.05) is 37.6 Å². The molecule has 1 aliphatic rings. The summed E-state index contributed by atoms with van der Waals surface area (Å²) in [5.41, 5.74) is 0.815. The number of hydrogen-bond acceptors (Lipinski definition) is 6. The predicted molar refractivity (Wildman–Crippen MR) is 81.4 cm³/mol. The van der Waals surface area contributed by atoms with E-state index in [2.05, 4.69) is 28.6 Å². The highest BCUT2D eigenvalue weighted by Gasteiger charge is 2.21. The molecular formula is C14H23N3O2S. The minimum atomic E-state index is -0.200. The van der Waals surface area contributed by atoms with Crippen molar-refractivity contribution in [3.05, 3.63) is 11.1 Å². The monoisotopic (exact) mass is 297 g/mol. The van der Waals surface area contributed by atoms with Crippen LogP contribution in [0.15, 0.2) is 5.38 Å². The second-order valence-corrected chi connectivity index (χ2v) is 6.06. The number of carbonyl (C=O) groups is 1. The fourth-order valence-corrected chi connectivity index (χ4v) is 3.19. The van der Waals surface area contributed by atoms with E-state index in [0.29, 0.717) is 12.6 Å². The quantitative estimate of drug-likeness (QED) is 0.775. The predicted octanol–water partition coefficient (Wildman–Crippen LogP) is 1.78. The molecule has 1 aliphatic heterocycles. The number of thiazole rings is 1. The summed E-state index contributed by atoms with van der Waals surface area (Å²) in [5.74, 6) is -0.200. The van der Waals surface area contributed by atoms with Crippen LogP contribution >= 0.6 is 11.3 Å². The Balaban J connectivity index is 1.88. The average Bonchev–Trinajstić information content (AvgIpc) is 2.87. The molecule has 5 nitrogen and oxygen atoms in total. The van der Waals surface area contributed by atoms with E-state index in [1.807, 2.05) is 12.3 Å². The van der Waals surface area contributed by atoms with E-state index in [0.717, 1.165) is 37.0 Å². The Bertz CT molecular complexity index is 439. The molecule has 0 aliphatic carbocycles. The Labute approximate surface area is 124 Å². The highest BCUT2D eigenvalue weighted by atomic mass is 32.1. The number of anilines is 1. The number of esters is 1. The van der Waals surface area contributed by atoms with E-state index in [-0.39, 0.29) is 12.4 Å². The summed E-state index contributed by atoms with van der Waals surface area (Å²) in [7, 11) is 0. The van der Waals surface area contributed by atoms with Gasteiger partial charge in [-0.25, -0.2) is 4.98 Å². The molecule has 6 heteroatoms.